The quantitative estimate of drug-likeness (QED) is 0.801. The van der Waals surface area contributed by atoms with Gasteiger partial charge in [0.15, 0.2) is 0 Å². The van der Waals surface area contributed by atoms with E-state index in [-0.39, 0.29) is 24.5 Å². The number of primary amides is 1. The molecule has 1 saturated carbocycles. The molecule has 1 aliphatic carbocycles. The van der Waals surface area contributed by atoms with Gasteiger partial charge in [-0.05, 0) is 30.5 Å². The van der Waals surface area contributed by atoms with E-state index in [1.807, 2.05) is 29.2 Å². The molecule has 7 heteroatoms. The zero-order valence-corrected chi connectivity index (χ0v) is 15.7. The van der Waals surface area contributed by atoms with Crippen LogP contribution in [-0.4, -0.2) is 42.1 Å². The molecule has 3 amide bonds. The van der Waals surface area contributed by atoms with E-state index in [0.717, 1.165) is 35.7 Å². The lowest BCUT2D eigenvalue weighted by molar-refractivity contribution is -0.150. The highest BCUT2D eigenvalue weighted by Crippen LogP contribution is 2.30. The summed E-state index contributed by atoms with van der Waals surface area (Å²) in [4.78, 5) is 26.3. The van der Waals surface area contributed by atoms with Crippen molar-refractivity contribution >= 4 is 27.9 Å². The van der Waals surface area contributed by atoms with Gasteiger partial charge in [0.2, 0.25) is 5.91 Å². The van der Waals surface area contributed by atoms with Crippen molar-refractivity contribution in [2.45, 2.75) is 50.3 Å². The summed E-state index contributed by atoms with van der Waals surface area (Å²) in [5, 5.41) is 2.70. The molecule has 1 aromatic carbocycles. The summed E-state index contributed by atoms with van der Waals surface area (Å²) in [5.74, 6) is 0.0407. The number of carbonyl (C=O) groups excluding carboxylic acids is 2. The zero-order chi connectivity index (χ0) is 17.8. The molecule has 3 atom stereocenters. The minimum atomic E-state index is -0.629. The Hall–Kier alpha value is -1.60. The van der Waals surface area contributed by atoms with Crippen LogP contribution in [0.1, 0.15) is 43.7 Å². The van der Waals surface area contributed by atoms with Crippen LogP contribution in [-0.2, 0) is 9.53 Å². The lowest BCUT2D eigenvalue weighted by Crippen LogP contribution is -2.55. The van der Waals surface area contributed by atoms with Gasteiger partial charge in [0.25, 0.3) is 0 Å². The Morgan fingerprint density at radius 2 is 2.16 bits per heavy atom. The highest BCUT2D eigenvalue weighted by molar-refractivity contribution is 9.10. The second-order valence-corrected chi connectivity index (χ2v) is 7.58. The summed E-state index contributed by atoms with van der Waals surface area (Å²) in [5.41, 5.74) is 6.18. The van der Waals surface area contributed by atoms with Gasteiger partial charge in [0.05, 0.1) is 31.2 Å². The van der Waals surface area contributed by atoms with Crippen molar-refractivity contribution in [1.82, 2.24) is 10.2 Å². The third-order valence-electron chi connectivity index (χ3n) is 5.00. The number of halogens is 1. The largest absolute Gasteiger partial charge is 0.374 e. The van der Waals surface area contributed by atoms with Crippen LogP contribution in [0.5, 0.6) is 0 Å². The number of urea groups is 1. The van der Waals surface area contributed by atoms with E-state index in [1.165, 1.54) is 0 Å². The van der Waals surface area contributed by atoms with Gasteiger partial charge in [-0.3, -0.25) is 4.79 Å². The third-order valence-corrected chi connectivity index (χ3v) is 5.49. The van der Waals surface area contributed by atoms with Crippen molar-refractivity contribution < 1.29 is 14.3 Å². The Morgan fingerprint density at radius 3 is 2.92 bits per heavy atom. The van der Waals surface area contributed by atoms with Gasteiger partial charge in [0, 0.05) is 11.0 Å². The molecule has 0 unspecified atom stereocenters. The lowest BCUT2D eigenvalue weighted by Gasteiger charge is -2.44. The maximum Gasteiger partial charge on any atom is 0.312 e. The van der Waals surface area contributed by atoms with E-state index < -0.39 is 12.1 Å². The molecule has 1 aromatic rings. The Balaban J connectivity index is 1.74. The summed E-state index contributed by atoms with van der Waals surface area (Å²) in [7, 11) is 0. The van der Waals surface area contributed by atoms with Crippen LogP contribution < -0.4 is 11.1 Å². The molecule has 6 nitrogen and oxygen atoms in total. The van der Waals surface area contributed by atoms with Gasteiger partial charge in [-0.15, -0.1) is 0 Å². The SMILES string of the molecule is NC(=O)N[C@H](CC(=O)N1CCO[C@H]2CCCC[C@@H]21)c1cccc(Br)c1. The van der Waals surface area contributed by atoms with Crippen LogP contribution in [0, 0.1) is 0 Å². The van der Waals surface area contributed by atoms with Gasteiger partial charge < -0.3 is 20.7 Å². The first-order valence-electron chi connectivity index (χ1n) is 8.77. The topological polar surface area (TPSA) is 84.7 Å². The second kappa shape index (κ2) is 8.19. The molecule has 0 bridgehead atoms. The van der Waals surface area contributed by atoms with Gasteiger partial charge in [-0.1, -0.05) is 40.9 Å². The molecule has 1 aliphatic heterocycles. The molecule has 0 radical (unpaired) electrons. The van der Waals surface area contributed by atoms with Crippen molar-refractivity contribution in [2.24, 2.45) is 5.73 Å². The minimum Gasteiger partial charge on any atom is -0.374 e. The first kappa shape index (κ1) is 18.2. The monoisotopic (exact) mass is 409 g/mol. The fourth-order valence-corrected chi connectivity index (χ4v) is 4.26. The number of rotatable bonds is 4. The van der Waals surface area contributed by atoms with Crippen LogP contribution in [0.2, 0.25) is 0 Å². The Bertz CT molecular complexity index is 638. The fraction of sp³-hybridized carbons (Fsp3) is 0.556. The number of hydrogen-bond donors (Lipinski definition) is 2. The van der Waals surface area contributed by atoms with Crippen LogP contribution in [0.25, 0.3) is 0 Å². The molecular formula is C18H24BrN3O3. The van der Waals surface area contributed by atoms with E-state index in [0.29, 0.717) is 13.2 Å². The third kappa shape index (κ3) is 4.52. The molecule has 0 spiro atoms. The summed E-state index contributed by atoms with van der Waals surface area (Å²) < 4.78 is 6.74. The van der Waals surface area contributed by atoms with Gasteiger partial charge in [-0.2, -0.15) is 0 Å². The first-order valence-corrected chi connectivity index (χ1v) is 9.56. The van der Waals surface area contributed by atoms with Crippen molar-refractivity contribution in [1.29, 1.82) is 0 Å². The smallest absolute Gasteiger partial charge is 0.312 e. The Morgan fingerprint density at radius 1 is 1.36 bits per heavy atom. The number of ether oxygens (including phenoxy) is 1. The minimum absolute atomic E-state index is 0.0407. The molecular weight excluding hydrogens is 386 g/mol. The van der Waals surface area contributed by atoms with Crippen LogP contribution in [0.3, 0.4) is 0 Å². The zero-order valence-electron chi connectivity index (χ0n) is 14.1. The average Bonchev–Trinajstić information content (AvgIpc) is 2.60. The van der Waals surface area contributed by atoms with Gasteiger partial charge in [0.1, 0.15) is 0 Å². The van der Waals surface area contributed by atoms with Crippen LogP contribution in [0.15, 0.2) is 28.7 Å². The average molecular weight is 410 g/mol. The van der Waals surface area contributed by atoms with E-state index >= 15 is 0 Å². The lowest BCUT2D eigenvalue weighted by atomic mass is 9.89. The number of amides is 3. The first-order chi connectivity index (χ1) is 12.0. The number of fused-ring (bicyclic) bond motifs is 1. The Labute approximate surface area is 156 Å². The van der Waals surface area contributed by atoms with E-state index in [9.17, 15) is 9.59 Å². The van der Waals surface area contributed by atoms with E-state index in [4.69, 9.17) is 10.5 Å². The fourth-order valence-electron chi connectivity index (χ4n) is 3.85. The second-order valence-electron chi connectivity index (χ2n) is 6.67. The van der Waals surface area contributed by atoms with Crippen molar-refractivity contribution in [2.75, 3.05) is 13.2 Å². The molecule has 136 valence electrons. The molecule has 25 heavy (non-hydrogen) atoms. The normalized spacial score (nSPS) is 24.3. The predicted octanol–water partition coefficient (Wildman–Crippen LogP) is 2.72. The van der Waals surface area contributed by atoms with Crippen molar-refractivity contribution in [3.8, 4) is 0 Å². The van der Waals surface area contributed by atoms with Crippen LogP contribution >= 0.6 is 15.9 Å². The highest BCUT2D eigenvalue weighted by atomic mass is 79.9. The summed E-state index contributed by atoms with van der Waals surface area (Å²) in [6.45, 7) is 1.19. The Kier molecular flexibility index (Phi) is 5.96. The molecule has 1 heterocycles. The molecule has 3 rings (SSSR count). The summed E-state index contributed by atoms with van der Waals surface area (Å²) in [6.07, 6.45) is 4.64. The maximum atomic E-state index is 13.0. The summed E-state index contributed by atoms with van der Waals surface area (Å²) in [6, 6.07) is 6.67. The highest BCUT2D eigenvalue weighted by Gasteiger charge is 2.37. The van der Waals surface area contributed by atoms with Crippen molar-refractivity contribution in [3.63, 3.8) is 0 Å². The predicted molar refractivity (Wildman–Crippen MR) is 97.9 cm³/mol. The molecule has 3 N–H and O–H groups in total. The molecule has 2 aliphatic rings. The molecule has 0 aromatic heterocycles. The van der Waals surface area contributed by atoms with Gasteiger partial charge >= 0.3 is 6.03 Å². The number of nitrogens with one attached hydrogen (secondary N) is 1. The summed E-state index contributed by atoms with van der Waals surface area (Å²) >= 11 is 3.43. The van der Waals surface area contributed by atoms with Gasteiger partial charge in [-0.25, -0.2) is 4.79 Å². The van der Waals surface area contributed by atoms with E-state index in [1.54, 1.807) is 0 Å². The molecule has 2 fully saturated rings. The number of morpholine rings is 1. The van der Waals surface area contributed by atoms with E-state index in [2.05, 4.69) is 21.2 Å². The number of hydrogen-bond acceptors (Lipinski definition) is 3. The maximum absolute atomic E-state index is 13.0. The van der Waals surface area contributed by atoms with Crippen molar-refractivity contribution in [3.05, 3.63) is 34.3 Å². The molecule has 1 saturated heterocycles. The number of carbonyl (C=O) groups is 2. The van der Waals surface area contributed by atoms with Crippen LogP contribution in [0.4, 0.5) is 4.79 Å². The number of nitrogens with two attached hydrogens (primary N) is 1. The number of nitrogens with zero attached hydrogens (tertiary/aromatic N) is 1. The number of benzene rings is 1. The standard InChI is InChI=1S/C18H24BrN3O3/c19-13-5-3-4-12(10-13)14(21-18(20)24)11-17(23)22-8-9-25-16-7-2-1-6-15(16)22/h3-5,10,14-16H,1-2,6-9,11H2,(H3,20,21,24)/t14-,15+,16+/m1/s1.